The number of carbonyl (C=O) groups excluding carboxylic acids is 8. The second kappa shape index (κ2) is 62.3. The van der Waals surface area contributed by atoms with Gasteiger partial charge in [0, 0.05) is 75.4 Å². The van der Waals surface area contributed by atoms with Crippen LogP contribution < -0.4 is 0 Å². The minimum absolute atomic E-state index is 0.0111. The predicted molar refractivity (Wildman–Crippen MR) is 384 cm³/mol. The summed E-state index contributed by atoms with van der Waals surface area (Å²) in [6.07, 6.45) is 27.8. The van der Waals surface area contributed by atoms with E-state index in [1.54, 1.807) is 37.4 Å². The highest BCUT2D eigenvalue weighted by atomic mass is 32.2. The van der Waals surface area contributed by atoms with Gasteiger partial charge in [-0.15, -0.1) is 0 Å². The van der Waals surface area contributed by atoms with E-state index in [1.165, 1.54) is 116 Å². The van der Waals surface area contributed by atoms with Gasteiger partial charge in [0.15, 0.2) is 0 Å². The molecule has 1 rings (SSSR count). The number of thioether (sulfide) groups is 2. The number of nitrogens with zero attached hydrogens (tertiary/aromatic N) is 4. The molecular weight excluding hydrogens is 1280 g/mol. The Balaban J connectivity index is 2.69. The summed E-state index contributed by atoms with van der Waals surface area (Å²) in [7, 11) is 0. The maximum Gasteiger partial charge on any atom is 0.309 e. The molecule has 0 aromatic rings. The minimum atomic E-state index is -0.446. The fourth-order valence-electron chi connectivity index (χ4n) is 10.2. The number of ether oxygens (including phenoxy) is 8. The second-order valence-electron chi connectivity index (χ2n) is 25.1. The van der Waals surface area contributed by atoms with Gasteiger partial charge in [0.25, 0.3) is 0 Å². The number of hydrogen-bond donors (Lipinski definition) is 2. The van der Waals surface area contributed by atoms with Crippen LogP contribution in [0.2, 0.25) is 0 Å². The molecule has 0 aromatic heterocycles. The molecule has 1 aliphatic rings. The number of esters is 8. The SMILES string of the molecule is CCCCCCCCCCCCSCC(C)C(=O)OCCOC(=O)CCN(CCCN1CCN(CCCN(CCC(=O)OCCOC(=O)C(C)CS)CCC(=O)OCCOC(=O)C(C)CS)CC1)CCC(=O)OCCOC(=O)C(C)CSCCCCCCCCCCCC. The van der Waals surface area contributed by atoms with E-state index in [0.717, 1.165) is 76.5 Å². The molecule has 20 nitrogen and oxygen atoms in total. The second-order valence-corrected chi connectivity index (χ2v) is 28.1. The van der Waals surface area contributed by atoms with E-state index >= 15 is 0 Å². The molecule has 0 aromatic carbocycles. The summed E-state index contributed by atoms with van der Waals surface area (Å²) in [4.78, 5) is 110. The summed E-state index contributed by atoms with van der Waals surface area (Å²) in [6, 6.07) is 0. The van der Waals surface area contributed by atoms with Gasteiger partial charge in [0.2, 0.25) is 0 Å². The Morgan fingerprint density at radius 2 is 0.585 bits per heavy atom. The molecule has 548 valence electrons. The summed E-state index contributed by atoms with van der Waals surface area (Å²) in [5.74, 6) is -0.227. The molecule has 24 heteroatoms. The first-order valence-corrected chi connectivity index (χ1v) is 39.7. The predicted octanol–water partition coefficient (Wildman–Crippen LogP) is 11.6. The monoisotopic (exact) mass is 1410 g/mol. The van der Waals surface area contributed by atoms with Crippen molar-refractivity contribution in [2.24, 2.45) is 23.7 Å². The van der Waals surface area contributed by atoms with Crippen molar-refractivity contribution < 1.29 is 76.3 Å². The van der Waals surface area contributed by atoms with Gasteiger partial charge in [0.05, 0.1) is 49.4 Å². The van der Waals surface area contributed by atoms with E-state index in [0.29, 0.717) is 62.3 Å². The van der Waals surface area contributed by atoms with Crippen molar-refractivity contribution in [1.29, 1.82) is 0 Å². The van der Waals surface area contributed by atoms with E-state index in [1.807, 2.05) is 18.7 Å². The molecule has 0 spiro atoms. The highest BCUT2D eigenvalue weighted by Crippen LogP contribution is 2.18. The maximum absolute atomic E-state index is 13.0. The van der Waals surface area contributed by atoms with Gasteiger partial charge in [-0.3, -0.25) is 38.4 Å². The Labute approximate surface area is 587 Å². The zero-order valence-corrected chi connectivity index (χ0v) is 62.5. The van der Waals surface area contributed by atoms with E-state index in [9.17, 15) is 38.4 Å². The first-order valence-electron chi connectivity index (χ1n) is 36.1. The van der Waals surface area contributed by atoms with Crippen LogP contribution in [-0.4, -0.2) is 233 Å². The van der Waals surface area contributed by atoms with Crippen LogP contribution in [0.3, 0.4) is 0 Å². The molecule has 0 saturated carbocycles. The lowest BCUT2D eigenvalue weighted by Gasteiger charge is -2.35. The number of thiol groups is 2. The molecule has 1 heterocycles. The zero-order chi connectivity index (χ0) is 69.1. The average molecular weight is 1410 g/mol. The van der Waals surface area contributed by atoms with Gasteiger partial charge in [0.1, 0.15) is 52.9 Å². The summed E-state index contributed by atoms with van der Waals surface area (Å²) >= 11 is 11.8. The Morgan fingerprint density at radius 1 is 0.340 bits per heavy atom. The molecule has 0 radical (unpaired) electrons. The third-order valence-corrected chi connectivity index (χ3v) is 20.2. The van der Waals surface area contributed by atoms with Crippen molar-refractivity contribution in [2.75, 3.05) is 166 Å². The highest BCUT2D eigenvalue weighted by molar-refractivity contribution is 7.99. The number of rotatable bonds is 64. The van der Waals surface area contributed by atoms with E-state index in [-0.39, 0.29) is 114 Å². The molecule has 1 saturated heterocycles. The Bertz CT molecular complexity index is 1840. The number of hydrogen-bond acceptors (Lipinski definition) is 24. The lowest BCUT2D eigenvalue weighted by molar-refractivity contribution is -0.154. The van der Waals surface area contributed by atoms with Crippen molar-refractivity contribution in [3.63, 3.8) is 0 Å². The van der Waals surface area contributed by atoms with Crippen molar-refractivity contribution in [3.8, 4) is 0 Å². The van der Waals surface area contributed by atoms with Crippen LogP contribution in [0, 0.1) is 23.7 Å². The topological polar surface area (TPSA) is 223 Å². The third-order valence-electron chi connectivity index (χ3n) is 16.4. The van der Waals surface area contributed by atoms with Gasteiger partial charge in [-0.25, -0.2) is 0 Å². The average Bonchev–Trinajstić information content (AvgIpc) is 2.05. The minimum Gasteiger partial charge on any atom is -0.462 e. The Kier molecular flexibility index (Phi) is 59.0. The van der Waals surface area contributed by atoms with E-state index < -0.39 is 35.8 Å². The van der Waals surface area contributed by atoms with E-state index in [2.05, 4.69) is 53.8 Å². The lowest BCUT2D eigenvalue weighted by Crippen LogP contribution is -2.47. The van der Waals surface area contributed by atoms with Gasteiger partial charge in [-0.2, -0.15) is 48.8 Å². The first kappa shape index (κ1) is 89.0. The molecule has 4 atom stereocenters. The van der Waals surface area contributed by atoms with Crippen LogP contribution in [0.5, 0.6) is 0 Å². The molecule has 0 amide bonds. The van der Waals surface area contributed by atoms with E-state index in [4.69, 9.17) is 37.9 Å². The van der Waals surface area contributed by atoms with Crippen LogP contribution in [0.15, 0.2) is 0 Å². The molecule has 1 fully saturated rings. The Hall–Kier alpha value is -3.00. The largest absolute Gasteiger partial charge is 0.462 e. The lowest BCUT2D eigenvalue weighted by atomic mass is 10.1. The zero-order valence-electron chi connectivity index (χ0n) is 59.1. The van der Waals surface area contributed by atoms with Gasteiger partial charge in [-0.05, 0) is 63.4 Å². The molecule has 1 aliphatic heterocycles. The van der Waals surface area contributed by atoms with Crippen molar-refractivity contribution >= 4 is 96.5 Å². The van der Waals surface area contributed by atoms with Crippen LogP contribution in [0.25, 0.3) is 0 Å². The molecule has 94 heavy (non-hydrogen) atoms. The number of piperazine rings is 1. The summed E-state index contributed by atoms with van der Waals surface area (Å²) in [6.45, 7) is 19.0. The van der Waals surface area contributed by atoms with Crippen molar-refractivity contribution in [3.05, 3.63) is 0 Å². The van der Waals surface area contributed by atoms with Gasteiger partial charge < -0.3 is 57.5 Å². The molecule has 4 unspecified atom stereocenters. The smallest absolute Gasteiger partial charge is 0.309 e. The van der Waals surface area contributed by atoms with Gasteiger partial charge in [-0.1, -0.05) is 157 Å². The molecular formula is C70H128N4O16S4. The Morgan fingerprint density at radius 3 is 0.851 bits per heavy atom. The van der Waals surface area contributed by atoms with Crippen LogP contribution in [-0.2, 0) is 76.3 Å². The van der Waals surface area contributed by atoms with Crippen LogP contribution >= 0.6 is 48.8 Å². The quantitative estimate of drug-likeness (QED) is 0.0250. The van der Waals surface area contributed by atoms with Crippen molar-refractivity contribution in [2.45, 2.75) is 208 Å². The maximum atomic E-state index is 13.0. The molecule has 0 bridgehead atoms. The van der Waals surface area contributed by atoms with Gasteiger partial charge >= 0.3 is 47.8 Å². The summed E-state index contributed by atoms with van der Waals surface area (Å²) in [5, 5.41) is 0. The van der Waals surface area contributed by atoms with Crippen LogP contribution in [0.1, 0.15) is 208 Å². The molecule has 0 aliphatic carbocycles. The van der Waals surface area contributed by atoms with Crippen LogP contribution in [0.4, 0.5) is 0 Å². The number of carbonyl (C=O) groups is 8. The fourth-order valence-corrected chi connectivity index (χ4v) is 12.6. The normalized spacial score (nSPS) is 14.1. The summed E-state index contributed by atoms with van der Waals surface area (Å²) in [5.41, 5.74) is 0. The summed E-state index contributed by atoms with van der Waals surface area (Å²) < 4.78 is 42.8. The standard InChI is InChI=1S/C70H128N4O16S4/c1-7-9-11-13-15-17-19-21-23-25-53-93-57-61(5)69(81)89-51-47-85-65(77)31-39-72(40-32-66(78)86-48-52-90-70(82)62(6)58-94-54-26-24-22-20-18-16-14-12-10-8-2)34-28-36-74-43-41-73(42-44-74)35-27-33-71(37-29-63(75)83-45-49-87-67(79)59(3)55-91)38-30-64(76)84-46-50-88-68(80)60(4)56-92/h59-62,91-92H,7-58H2,1-6H3. The van der Waals surface area contributed by atoms with Crippen molar-refractivity contribution in [1.82, 2.24) is 19.6 Å². The number of unbranched alkanes of at least 4 members (excludes halogenated alkanes) is 18. The third kappa shape index (κ3) is 52.1. The highest BCUT2D eigenvalue weighted by Gasteiger charge is 2.22. The fraction of sp³-hybridized carbons (Fsp3) is 0.886. The molecule has 0 N–H and O–H groups in total. The first-order chi connectivity index (χ1) is 45.5.